The van der Waals surface area contributed by atoms with E-state index in [2.05, 4.69) is 34.0 Å². The summed E-state index contributed by atoms with van der Waals surface area (Å²) in [5, 5.41) is 3.72. The lowest BCUT2D eigenvalue weighted by atomic mass is 10.1. The molecule has 1 N–H and O–H groups in total. The highest BCUT2D eigenvalue weighted by Crippen LogP contribution is 2.18. The first-order valence-corrected chi connectivity index (χ1v) is 8.88. The maximum absolute atomic E-state index is 12.0. The molecule has 0 aliphatic carbocycles. The van der Waals surface area contributed by atoms with Gasteiger partial charge in [0.25, 0.3) is 0 Å². The van der Waals surface area contributed by atoms with Gasteiger partial charge in [0.15, 0.2) is 5.16 Å². The highest BCUT2D eigenvalue weighted by Gasteiger charge is 2.24. The molecule has 122 valence electrons. The first-order chi connectivity index (χ1) is 10.4. The number of aromatic nitrogens is 2. The summed E-state index contributed by atoms with van der Waals surface area (Å²) in [6.45, 7) is 11.3. The summed E-state index contributed by atoms with van der Waals surface area (Å²) in [6.07, 6.45) is 1.17. The van der Waals surface area contributed by atoms with Gasteiger partial charge in [-0.3, -0.25) is 4.79 Å². The molecule has 1 amide bonds. The smallest absolute Gasteiger partial charge is 0.230 e. The normalized spacial score (nSPS) is 18.9. The van der Waals surface area contributed by atoms with Crippen LogP contribution < -0.4 is 5.32 Å². The lowest BCUT2D eigenvalue weighted by molar-refractivity contribution is -0.118. The quantitative estimate of drug-likeness (QED) is 0.641. The molecule has 1 fully saturated rings. The Morgan fingerprint density at radius 2 is 2.09 bits per heavy atom. The second kappa shape index (κ2) is 7.92. The predicted molar refractivity (Wildman–Crippen MR) is 90.1 cm³/mol. The molecule has 0 aromatic carbocycles. The zero-order chi connectivity index (χ0) is 16.1. The van der Waals surface area contributed by atoms with Crippen LogP contribution >= 0.6 is 11.8 Å². The third kappa shape index (κ3) is 5.25. The van der Waals surface area contributed by atoms with E-state index >= 15 is 0 Å². The number of amides is 1. The van der Waals surface area contributed by atoms with Crippen molar-refractivity contribution >= 4 is 17.7 Å². The minimum Gasteiger partial charge on any atom is -0.355 e. The third-order valence-electron chi connectivity index (χ3n) is 3.93. The van der Waals surface area contributed by atoms with Crippen molar-refractivity contribution in [1.29, 1.82) is 0 Å². The minimum absolute atomic E-state index is 0.0655. The molecule has 0 unspecified atom stereocenters. The zero-order valence-electron chi connectivity index (χ0n) is 13.9. The number of aryl methyl sites for hydroxylation is 2. The van der Waals surface area contributed by atoms with E-state index in [9.17, 15) is 4.79 Å². The van der Waals surface area contributed by atoms with Crippen molar-refractivity contribution in [2.24, 2.45) is 5.92 Å². The van der Waals surface area contributed by atoms with Gasteiger partial charge in [-0.2, -0.15) is 0 Å². The van der Waals surface area contributed by atoms with Crippen LogP contribution in [0.25, 0.3) is 0 Å². The topological polar surface area (TPSA) is 58.1 Å². The number of rotatable bonds is 6. The van der Waals surface area contributed by atoms with Crippen LogP contribution in [0.15, 0.2) is 11.2 Å². The molecule has 2 heterocycles. The summed E-state index contributed by atoms with van der Waals surface area (Å²) in [5.41, 5.74) is 1.88. The maximum atomic E-state index is 12.0. The molecule has 2 rings (SSSR count). The Morgan fingerprint density at radius 1 is 1.41 bits per heavy atom. The molecule has 0 saturated carbocycles. The third-order valence-corrected chi connectivity index (χ3v) is 4.78. The number of nitrogens with zero attached hydrogens (tertiary/aromatic N) is 3. The molecule has 6 heteroatoms. The Bertz CT molecular complexity index is 501. The second-order valence-electron chi connectivity index (χ2n) is 6.27. The van der Waals surface area contributed by atoms with E-state index in [0.717, 1.165) is 31.0 Å². The van der Waals surface area contributed by atoms with Crippen LogP contribution in [0.5, 0.6) is 0 Å². The first kappa shape index (κ1) is 17.2. The van der Waals surface area contributed by atoms with Crippen LogP contribution in [-0.2, 0) is 4.79 Å². The molecule has 0 bridgehead atoms. The van der Waals surface area contributed by atoms with Gasteiger partial charge >= 0.3 is 0 Å². The largest absolute Gasteiger partial charge is 0.355 e. The van der Waals surface area contributed by atoms with Gasteiger partial charge in [-0.25, -0.2) is 9.97 Å². The lowest BCUT2D eigenvalue weighted by Gasteiger charge is -2.20. The van der Waals surface area contributed by atoms with E-state index in [-0.39, 0.29) is 5.91 Å². The number of hydrogen-bond donors (Lipinski definition) is 1. The summed E-state index contributed by atoms with van der Waals surface area (Å²) in [4.78, 5) is 23.1. The molecular weight excluding hydrogens is 296 g/mol. The van der Waals surface area contributed by atoms with Gasteiger partial charge < -0.3 is 10.2 Å². The average molecular weight is 322 g/mol. The molecule has 1 aromatic heterocycles. The Labute approximate surface area is 137 Å². The van der Waals surface area contributed by atoms with Gasteiger partial charge in [0.2, 0.25) is 5.91 Å². The van der Waals surface area contributed by atoms with E-state index < -0.39 is 0 Å². The molecule has 1 aromatic rings. The summed E-state index contributed by atoms with van der Waals surface area (Å²) in [6, 6.07) is 2.53. The van der Waals surface area contributed by atoms with Crippen molar-refractivity contribution in [2.45, 2.75) is 45.3 Å². The van der Waals surface area contributed by atoms with Crippen LogP contribution in [0, 0.1) is 19.8 Å². The summed E-state index contributed by atoms with van der Waals surface area (Å²) >= 11 is 1.40. The van der Waals surface area contributed by atoms with Gasteiger partial charge in [0.05, 0.1) is 5.75 Å². The Hall–Kier alpha value is -1.14. The molecule has 0 spiro atoms. The van der Waals surface area contributed by atoms with Crippen LogP contribution in [0.3, 0.4) is 0 Å². The zero-order valence-corrected chi connectivity index (χ0v) is 14.7. The minimum atomic E-state index is 0.0655. The van der Waals surface area contributed by atoms with Gasteiger partial charge in [0.1, 0.15) is 0 Å². The summed E-state index contributed by atoms with van der Waals surface area (Å²) in [5.74, 6) is 1.02. The standard InChI is InChI=1S/C16H26N4OS/c1-11(2)20-6-5-14(9-20)8-17-15(21)10-22-16-18-12(3)7-13(4)19-16/h7,11,14H,5-6,8-10H2,1-4H3,(H,17,21)/t14-/m0/s1. The number of hydrogen-bond acceptors (Lipinski definition) is 5. The molecule has 0 radical (unpaired) electrons. The van der Waals surface area contributed by atoms with Crippen molar-refractivity contribution in [2.75, 3.05) is 25.4 Å². The first-order valence-electron chi connectivity index (χ1n) is 7.90. The van der Waals surface area contributed by atoms with Gasteiger partial charge in [-0.15, -0.1) is 0 Å². The van der Waals surface area contributed by atoms with Crippen molar-refractivity contribution in [3.8, 4) is 0 Å². The molecule has 1 aliphatic rings. The SMILES string of the molecule is Cc1cc(C)nc(SCC(=O)NC[C@@H]2CCN(C(C)C)C2)n1. The highest BCUT2D eigenvalue weighted by molar-refractivity contribution is 7.99. The molecule has 5 nitrogen and oxygen atoms in total. The fourth-order valence-electron chi connectivity index (χ4n) is 2.70. The number of carbonyl (C=O) groups excluding carboxylic acids is 1. The van der Waals surface area contributed by atoms with Crippen LogP contribution in [0.1, 0.15) is 31.7 Å². The highest BCUT2D eigenvalue weighted by atomic mass is 32.2. The van der Waals surface area contributed by atoms with Crippen molar-refractivity contribution < 1.29 is 4.79 Å². The van der Waals surface area contributed by atoms with Crippen LogP contribution in [-0.4, -0.2) is 52.2 Å². The summed E-state index contributed by atoms with van der Waals surface area (Å²) < 4.78 is 0. The molecular formula is C16H26N4OS. The van der Waals surface area contributed by atoms with E-state index in [0.29, 0.717) is 22.9 Å². The molecule has 1 saturated heterocycles. The fraction of sp³-hybridized carbons (Fsp3) is 0.688. The summed E-state index contributed by atoms with van der Waals surface area (Å²) in [7, 11) is 0. The van der Waals surface area contributed by atoms with Crippen LogP contribution in [0.2, 0.25) is 0 Å². The second-order valence-corrected chi connectivity index (χ2v) is 7.21. The maximum Gasteiger partial charge on any atom is 0.230 e. The van der Waals surface area contributed by atoms with Gasteiger partial charge in [-0.1, -0.05) is 11.8 Å². The Kier molecular flexibility index (Phi) is 6.20. The molecule has 1 atom stereocenters. The van der Waals surface area contributed by atoms with Gasteiger partial charge in [0, 0.05) is 30.5 Å². The fourth-order valence-corrected chi connectivity index (χ4v) is 3.48. The van der Waals surface area contributed by atoms with Crippen molar-refractivity contribution in [3.63, 3.8) is 0 Å². The Morgan fingerprint density at radius 3 is 2.68 bits per heavy atom. The average Bonchev–Trinajstić information content (AvgIpc) is 2.91. The van der Waals surface area contributed by atoms with Crippen molar-refractivity contribution in [1.82, 2.24) is 20.2 Å². The lowest BCUT2D eigenvalue weighted by Crippen LogP contribution is -2.33. The van der Waals surface area contributed by atoms with Crippen LogP contribution in [0.4, 0.5) is 0 Å². The number of thioether (sulfide) groups is 1. The monoisotopic (exact) mass is 322 g/mol. The Balaban J connectivity index is 1.70. The van der Waals surface area contributed by atoms with E-state index in [1.54, 1.807) is 0 Å². The number of likely N-dealkylation sites (tertiary alicyclic amines) is 1. The molecule has 1 aliphatic heterocycles. The van der Waals surface area contributed by atoms with E-state index in [1.807, 2.05) is 19.9 Å². The van der Waals surface area contributed by atoms with E-state index in [4.69, 9.17) is 0 Å². The van der Waals surface area contributed by atoms with Crippen molar-refractivity contribution in [3.05, 3.63) is 17.5 Å². The number of nitrogens with one attached hydrogen (secondary N) is 1. The van der Waals surface area contributed by atoms with Gasteiger partial charge in [-0.05, 0) is 52.6 Å². The number of carbonyl (C=O) groups is 1. The van der Waals surface area contributed by atoms with E-state index in [1.165, 1.54) is 18.2 Å². The molecule has 22 heavy (non-hydrogen) atoms. The predicted octanol–water partition coefficient (Wildman–Crippen LogP) is 2.03.